The number of anilines is 1. The van der Waals surface area contributed by atoms with E-state index in [2.05, 4.69) is 17.1 Å². The molecule has 2 aromatic heterocycles. The maximum absolute atomic E-state index is 14.1. The van der Waals surface area contributed by atoms with Gasteiger partial charge in [0.05, 0.1) is 58.7 Å². The molecule has 1 amide bonds. The summed E-state index contributed by atoms with van der Waals surface area (Å²) in [5, 5.41) is 3.70. The summed E-state index contributed by atoms with van der Waals surface area (Å²) in [6.45, 7) is 4.38. The quantitative estimate of drug-likeness (QED) is 0.205. The van der Waals surface area contributed by atoms with Gasteiger partial charge in [-0.2, -0.15) is 0 Å². The van der Waals surface area contributed by atoms with Crippen molar-refractivity contribution in [3.8, 4) is 11.4 Å². The number of carbonyl (C=O) groups excluding carboxylic acids is 3. The lowest BCUT2D eigenvalue weighted by Crippen LogP contribution is -2.49. The third kappa shape index (κ3) is 5.25. The highest BCUT2D eigenvalue weighted by Crippen LogP contribution is 2.47. The number of fused-ring (bicyclic) bond motifs is 5. The first-order chi connectivity index (χ1) is 21.2. The monoisotopic (exact) mass is 636 g/mol. The zero-order valence-electron chi connectivity index (χ0n) is 25.8. The van der Waals surface area contributed by atoms with Crippen LogP contribution in [0.1, 0.15) is 56.2 Å². The highest BCUT2D eigenvalue weighted by atomic mass is 35.5. The van der Waals surface area contributed by atoms with Gasteiger partial charge in [0.2, 0.25) is 11.5 Å². The number of nitrogens with zero attached hydrogens (tertiary/aromatic N) is 5. The third-order valence-corrected chi connectivity index (χ3v) is 8.66. The number of hydrogen-bond acceptors (Lipinski definition) is 10. The van der Waals surface area contributed by atoms with Crippen LogP contribution >= 0.6 is 12.4 Å². The number of ether oxygens (including phenoxy) is 2. The van der Waals surface area contributed by atoms with Crippen molar-refractivity contribution >= 4 is 58.9 Å². The Balaban J connectivity index is 0.00000400. The van der Waals surface area contributed by atoms with E-state index in [1.165, 1.54) is 11.9 Å². The van der Waals surface area contributed by atoms with Crippen LogP contribution in [0.5, 0.6) is 0 Å². The summed E-state index contributed by atoms with van der Waals surface area (Å²) in [5.41, 5.74) is 3.07. The molecule has 1 atom stereocenters. The number of benzene rings is 1. The highest BCUT2D eigenvalue weighted by Gasteiger charge is 2.50. The van der Waals surface area contributed by atoms with Crippen molar-refractivity contribution in [1.29, 1.82) is 0 Å². The van der Waals surface area contributed by atoms with Gasteiger partial charge in [0, 0.05) is 24.7 Å². The van der Waals surface area contributed by atoms with Crippen LogP contribution in [0.4, 0.5) is 11.4 Å². The molecule has 5 heterocycles. The summed E-state index contributed by atoms with van der Waals surface area (Å²) in [5.74, 6) is -1.85. The molecule has 3 aliphatic heterocycles. The van der Waals surface area contributed by atoms with Crippen LogP contribution in [0.2, 0.25) is 0 Å². The molecule has 0 fully saturated rings. The SMILES string of the molecule is CCCCCN1C=Nc2cccc3nc4c(c1c23)Cn1c-4cc2c(c1=O)COC(=O)[C@@]2(CC)OC(=O)CN(C)C(=O)CNC.Cl. The molecular weight excluding hydrogens is 600 g/mol. The predicted octanol–water partition coefficient (Wildman–Crippen LogP) is 3.40. The molecule has 3 aromatic rings. The van der Waals surface area contributed by atoms with E-state index in [0.717, 1.165) is 53.6 Å². The minimum atomic E-state index is -1.84. The van der Waals surface area contributed by atoms with E-state index in [-0.39, 0.29) is 55.6 Å². The molecule has 0 radical (unpaired) electrons. The Hall–Kier alpha value is -4.29. The Morgan fingerprint density at radius 3 is 2.71 bits per heavy atom. The number of aromatic nitrogens is 2. The van der Waals surface area contributed by atoms with Gasteiger partial charge in [-0.25, -0.2) is 14.8 Å². The number of hydrogen-bond donors (Lipinski definition) is 1. The number of nitrogens with one attached hydrogen (secondary N) is 1. The van der Waals surface area contributed by atoms with Crippen molar-refractivity contribution in [2.75, 3.05) is 38.6 Å². The Bertz CT molecular complexity index is 1790. The zero-order chi connectivity index (χ0) is 31.2. The molecule has 0 saturated heterocycles. The average molecular weight is 637 g/mol. The molecule has 0 bridgehead atoms. The van der Waals surface area contributed by atoms with Gasteiger partial charge < -0.3 is 29.2 Å². The molecule has 238 valence electrons. The molecule has 0 aliphatic carbocycles. The lowest BCUT2D eigenvalue weighted by atomic mass is 9.85. The molecule has 12 nitrogen and oxygen atoms in total. The van der Waals surface area contributed by atoms with Crippen molar-refractivity contribution in [1.82, 2.24) is 19.8 Å². The molecule has 1 aromatic carbocycles. The van der Waals surface area contributed by atoms with Gasteiger partial charge >= 0.3 is 11.9 Å². The maximum Gasteiger partial charge on any atom is 0.355 e. The lowest BCUT2D eigenvalue weighted by molar-refractivity contribution is -0.190. The molecule has 6 rings (SSSR count). The fourth-order valence-electron chi connectivity index (χ4n) is 6.36. The van der Waals surface area contributed by atoms with E-state index in [0.29, 0.717) is 23.5 Å². The van der Waals surface area contributed by atoms with Crippen molar-refractivity contribution in [2.45, 2.75) is 58.3 Å². The number of carbonyl (C=O) groups is 3. The van der Waals surface area contributed by atoms with Crippen LogP contribution in [0.3, 0.4) is 0 Å². The van der Waals surface area contributed by atoms with Gasteiger partial charge in [0.1, 0.15) is 13.2 Å². The van der Waals surface area contributed by atoms with E-state index >= 15 is 0 Å². The highest BCUT2D eigenvalue weighted by molar-refractivity contribution is 6.11. The Kier molecular flexibility index (Phi) is 8.99. The van der Waals surface area contributed by atoms with Crippen LogP contribution in [0.25, 0.3) is 22.3 Å². The second kappa shape index (κ2) is 12.6. The van der Waals surface area contributed by atoms with E-state index < -0.39 is 17.5 Å². The molecule has 0 saturated carbocycles. The van der Waals surface area contributed by atoms with Crippen molar-refractivity contribution in [3.05, 3.63) is 51.3 Å². The number of unbranched alkanes of at least 4 members (excludes halogenated alkanes) is 2. The fourth-order valence-corrected chi connectivity index (χ4v) is 6.36. The number of amides is 1. The van der Waals surface area contributed by atoms with E-state index in [1.54, 1.807) is 24.6 Å². The minimum absolute atomic E-state index is 0. The predicted molar refractivity (Wildman–Crippen MR) is 172 cm³/mol. The first-order valence-corrected chi connectivity index (χ1v) is 15.1. The normalized spacial score (nSPS) is 17.2. The number of likely N-dealkylation sites (N-methyl/N-ethyl adjacent to an activating group) is 2. The van der Waals surface area contributed by atoms with E-state index in [9.17, 15) is 19.2 Å². The molecular formula is C32H37ClN6O6. The van der Waals surface area contributed by atoms with Crippen LogP contribution in [0.15, 0.2) is 34.1 Å². The molecule has 3 aliphatic rings. The Morgan fingerprint density at radius 1 is 1.18 bits per heavy atom. The molecule has 0 unspecified atom stereocenters. The fraction of sp³-hybridized carbons (Fsp3) is 0.438. The average Bonchev–Trinajstić information content (AvgIpc) is 3.38. The van der Waals surface area contributed by atoms with Gasteiger partial charge in [-0.1, -0.05) is 32.8 Å². The van der Waals surface area contributed by atoms with Crippen molar-refractivity contribution in [2.24, 2.45) is 4.99 Å². The van der Waals surface area contributed by atoms with Gasteiger partial charge in [-0.15, -0.1) is 12.4 Å². The summed E-state index contributed by atoms with van der Waals surface area (Å²) < 4.78 is 13.0. The maximum atomic E-state index is 14.1. The Labute approximate surface area is 266 Å². The van der Waals surface area contributed by atoms with Crippen molar-refractivity contribution < 1.29 is 23.9 Å². The summed E-state index contributed by atoms with van der Waals surface area (Å²) in [4.78, 5) is 65.9. The number of halogens is 1. The number of esters is 2. The van der Waals surface area contributed by atoms with Crippen LogP contribution in [-0.4, -0.2) is 72.4 Å². The summed E-state index contributed by atoms with van der Waals surface area (Å²) >= 11 is 0. The standard InChI is InChI=1S/C32H36N6O6.ClH/c1-5-7-8-12-37-18-34-22-10-9-11-23-27(22)29(37)19-15-38-24(28(19)35-23)13-21-20(30(38)41)17-43-31(42)32(21,6-2)44-26(40)16-36(4)25(39)14-33-3;/h9-11,13,18,33H,5-8,12,14-17H2,1-4H3;1H/t32-;/m0./s1. The first-order valence-electron chi connectivity index (χ1n) is 15.1. The summed E-state index contributed by atoms with van der Waals surface area (Å²) in [6, 6.07) is 7.57. The Morgan fingerprint density at radius 2 is 1.98 bits per heavy atom. The third-order valence-electron chi connectivity index (χ3n) is 8.66. The van der Waals surface area contributed by atoms with Crippen LogP contribution in [0, 0.1) is 0 Å². The van der Waals surface area contributed by atoms with Gasteiger partial charge in [0.15, 0.2) is 0 Å². The zero-order valence-corrected chi connectivity index (χ0v) is 26.7. The van der Waals surface area contributed by atoms with Gasteiger partial charge in [0.25, 0.3) is 5.56 Å². The number of rotatable bonds is 10. The van der Waals surface area contributed by atoms with Crippen LogP contribution < -0.4 is 15.8 Å². The minimum Gasteiger partial charge on any atom is -0.457 e. The van der Waals surface area contributed by atoms with E-state index in [4.69, 9.17) is 19.5 Å². The second-order valence-corrected chi connectivity index (χ2v) is 11.4. The lowest BCUT2D eigenvalue weighted by Gasteiger charge is -2.36. The van der Waals surface area contributed by atoms with E-state index in [1.807, 2.05) is 24.5 Å². The largest absolute Gasteiger partial charge is 0.457 e. The number of aliphatic imine (C=N–C) groups is 1. The van der Waals surface area contributed by atoms with Gasteiger partial charge in [-0.05, 0) is 38.1 Å². The van der Waals surface area contributed by atoms with Crippen LogP contribution in [-0.2, 0) is 42.6 Å². The first kappa shape index (κ1) is 32.1. The number of cyclic esters (lactones) is 1. The van der Waals surface area contributed by atoms with Crippen molar-refractivity contribution in [3.63, 3.8) is 0 Å². The molecule has 45 heavy (non-hydrogen) atoms. The summed E-state index contributed by atoms with van der Waals surface area (Å²) in [6.07, 6.45) is 5.06. The molecule has 1 N–H and O–H groups in total. The number of pyridine rings is 2. The topological polar surface area (TPSA) is 135 Å². The molecule has 0 spiro atoms. The van der Waals surface area contributed by atoms with Gasteiger partial charge in [-0.3, -0.25) is 14.4 Å². The second-order valence-electron chi connectivity index (χ2n) is 11.4. The molecule has 13 heteroatoms. The summed E-state index contributed by atoms with van der Waals surface area (Å²) in [7, 11) is 3.11. The smallest absolute Gasteiger partial charge is 0.355 e.